The molecule has 0 saturated carbocycles. The first kappa shape index (κ1) is 16.4. The third kappa shape index (κ3) is 4.18. The van der Waals surface area contributed by atoms with Gasteiger partial charge in [0.1, 0.15) is 5.56 Å². The molecule has 0 fully saturated rings. The fourth-order valence-corrected chi connectivity index (χ4v) is 2.08. The van der Waals surface area contributed by atoms with Crippen LogP contribution in [0.4, 0.5) is 0 Å². The van der Waals surface area contributed by atoms with E-state index in [4.69, 9.17) is 15.3 Å². The number of aromatic nitrogens is 1. The standard InChI is InChI=1S/C14H21NO5/c1-2-10(9-17)3-4-11-7-13(18)12(14(19)20)8-15(11)5-6-16/h7-8,10,16-17H,2-6,9H2,1H3,(H,19,20)/t10-/m0/s1. The quantitative estimate of drug-likeness (QED) is 0.645. The molecule has 1 aromatic heterocycles. The summed E-state index contributed by atoms with van der Waals surface area (Å²) in [6, 6.07) is 1.31. The van der Waals surface area contributed by atoms with Gasteiger partial charge in [-0.2, -0.15) is 0 Å². The molecule has 0 aromatic carbocycles. The van der Waals surface area contributed by atoms with Crippen LogP contribution in [0.5, 0.6) is 0 Å². The van der Waals surface area contributed by atoms with Crippen molar-refractivity contribution < 1.29 is 20.1 Å². The first-order valence-electron chi connectivity index (χ1n) is 6.71. The van der Waals surface area contributed by atoms with Gasteiger partial charge < -0.3 is 19.9 Å². The van der Waals surface area contributed by atoms with Crippen molar-refractivity contribution in [2.75, 3.05) is 13.2 Å². The van der Waals surface area contributed by atoms with Gasteiger partial charge in [-0.25, -0.2) is 4.79 Å². The molecule has 0 bridgehead atoms. The maximum atomic E-state index is 11.7. The largest absolute Gasteiger partial charge is 0.477 e. The summed E-state index contributed by atoms with van der Waals surface area (Å²) in [6.07, 6.45) is 3.39. The number of nitrogens with zero attached hydrogens (tertiary/aromatic N) is 1. The SMILES string of the molecule is CC[C@H](CO)CCc1cc(=O)c(C(=O)O)cn1CCO. The third-order valence-corrected chi connectivity index (χ3v) is 3.43. The predicted molar refractivity (Wildman–Crippen MR) is 73.9 cm³/mol. The van der Waals surface area contributed by atoms with Crippen LogP contribution in [-0.4, -0.2) is 39.1 Å². The summed E-state index contributed by atoms with van der Waals surface area (Å²) in [5.41, 5.74) is -0.143. The van der Waals surface area contributed by atoms with Crippen molar-refractivity contribution in [3.05, 3.63) is 33.7 Å². The molecular formula is C14H21NO5. The van der Waals surface area contributed by atoms with Crippen LogP contribution in [0.15, 0.2) is 17.1 Å². The normalized spacial score (nSPS) is 12.3. The molecule has 1 aromatic rings. The summed E-state index contributed by atoms with van der Waals surface area (Å²) in [5, 5.41) is 27.1. The van der Waals surface area contributed by atoms with Crippen LogP contribution in [0.1, 0.15) is 35.8 Å². The van der Waals surface area contributed by atoms with E-state index in [0.717, 1.165) is 6.42 Å². The van der Waals surface area contributed by atoms with Gasteiger partial charge in [-0.1, -0.05) is 13.3 Å². The Bertz CT molecular complexity index is 505. The molecule has 1 heterocycles. The molecule has 1 atom stereocenters. The zero-order valence-electron chi connectivity index (χ0n) is 11.6. The maximum absolute atomic E-state index is 11.7. The van der Waals surface area contributed by atoms with Crippen molar-refractivity contribution in [2.24, 2.45) is 5.92 Å². The van der Waals surface area contributed by atoms with E-state index in [1.54, 1.807) is 4.57 Å². The summed E-state index contributed by atoms with van der Waals surface area (Å²) in [7, 11) is 0. The van der Waals surface area contributed by atoms with Gasteiger partial charge in [-0.15, -0.1) is 0 Å². The monoisotopic (exact) mass is 283 g/mol. The van der Waals surface area contributed by atoms with Gasteiger partial charge >= 0.3 is 5.97 Å². The van der Waals surface area contributed by atoms with E-state index in [9.17, 15) is 9.59 Å². The molecule has 6 heteroatoms. The smallest absolute Gasteiger partial charge is 0.341 e. The average molecular weight is 283 g/mol. The van der Waals surface area contributed by atoms with E-state index in [1.165, 1.54) is 12.3 Å². The molecule has 0 aliphatic carbocycles. The summed E-state index contributed by atoms with van der Waals surface area (Å²) in [6.45, 7) is 2.18. The molecule has 6 nitrogen and oxygen atoms in total. The molecule has 0 saturated heterocycles. The Morgan fingerprint density at radius 3 is 2.60 bits per heavy atom. The number of aryl methyl sites for hydroxylation is 1. The second-order valence-corrected chi connectivity index (χ2v) is 4.76. The topological polar surface area (TPSA) is 99.8 Å². The highest BCUT2D eigenvalue weighted by atomic mass is 16.4. The van der Waals surface area contributed by atoms with Crippen molar-refractivity contribution in [3.63, 3.8) is 0 Å². The van der Waals surface area contributed by atoms with E-state index in [1.807, 2.05) is 6.92 Å². The zero-order valence-corrected chi connectivity index (χ0v) is 11.6. The number of rotatable bonds is 8. The fraction of sp³-hybridized carbons (Fsp3) is 0.571. The minimum absolute atomic E-state index is 0.0912. The first-order chi connectivity index (χ1) is 9.53. The second kappa shape index (κ2) is 7.81. The Kier molecular flexibility index (Phi) is 6.41. The minimum Gasteiger partial charge on any atom is -0.477 e. The molecule has 1 rings (SSSR count). The number of aliphatic hydroxyl groups is 2. The summed E-state index contributed by atoms with van der Waals surface area (Å²) in [5.74, 6) is -1.11. The van der Waals surface area contributed by atoms with Crippen molar-refractivity contribution in [1.82, 2.24) is 4.57 Å². The van der Waals surface area contributed by atoms with Crippen molar-refractivity contribution in [2.45, 2.75) is 32.7 Å². The lowest BCUT2D eigenvalue weighted by atomic mass is 9.99. The van der Waals surface area contributed by atoms with E-state index >= 15 is 0 Å². The van der Waals surface area contributed by atoms with Crippen LogP contribution in [-0.2, 0) is 13.0 Å². The molecule has 0 amide bonds. The maximum Gasteiger partial charge on any atom is 0.341 e. The summed E-state index contributed by atoms with van der Waals surface area (Å²) in [4.78, 5) is 22.7. The van der Waals surface area contributed by atoms with Gasteiger partial charge in [0.25, 0.3) is 0 Å². The Balaban J connectivity index is 3.02. The van der Waals surface area contributed by atoms with E-state index in [0.29, 0.717) is 18.5 Å². The number of pyridine rings is 1. The third-order valence-electron chi connectivity index (χ3n) is 3.43. The molecule has 0 unspecified atom stereocenters. The second-order valence-electron chi connectivity index (χ2n) is 4.76. The van der Waals surface area contributed by atoms with Gasteiger partial charge in [-0.05, 0) is 18.8 Å². The number of carboxylic acid groups (broad SMARTS) is 1. The predicted octanol–water partition coefficient (Wildman–Crippen LogP) is 0.490. The lowest BCUT2D eigenvalue weighted by Gasteiger charge is -2.16. The molecule has 0 aliphatic heterocycles. The van der Waals surface area contributed by atoms with Crippen LogP contribution in [0.3, 0.4) is 0 Å². The summed E-state index contributed by atoms with van der Waals surface area (Å²) < 4.78 is 1.59. The van der Waals surface area contributed by atoms with Gasteiger partial charge in [0, 0.05) is 31.1 Å². The molecule has 0 spiro atoms. The number of aromatic carboxylic acids is 1. The van der Waals surface area contributed by atoms with Gasteiger partial charge in [0.05, 0.1) is 6.61 Å². The highest BCUT2D eigenvalue weighted by Crippen LogP contribution is 2.12. The van der Waals surface area contributed by atoms with Gasteiger partial charge in [0.15, 0.2) is 5.43 Å². The molecular weight excluding hydrogens is 262 g/mol. The van der Waals surface area contributed by atoms with Crippen LogP contribution in [0.25, 0.3) is 0 Å². The molecule has 0 aliphatic rings. The van der Waals surface area contributed by atoms with Crippen LogP contribution < -0.4 is 5.43 Å². The highest BCUT2D eigenvalue weighted by molar-refractivity contribution is 5.87. The number of hydrogen-bond donors (Lipinski definition) is 3. The van der Waals surface area contributed by atoms with E-state index < -0.39 is 11.4 Å². The Hall–Kier alpha value is -1.66. The number of hydrogen-bond acceptors (Lipinski definition) is 4. The van der Waals surface area contributed by atoms with E-state index in [2.05, 4.69) is 0 Å². The number of carbonyl (C=O) groups is 1. The lowest BCUT2D eigenvalue weighted by molar-refractivity contribution is 0.0694. The van der Waals surface area contributed by atoms with Gasteiger partial charge in [-0.3, -0.25) is 4.79 Å². The Morgan fingerprint density at radius 2 is 2.10 bits per heavy atom. The zero-order chi connectivity index (χ0) is 15.1. The minimum atomic E-state index is -1.27. The lowest BCUT2D eigenvalue weighted by Crippen LogP contribution is -2.21. The summed E-state index contributed by atoms with van der Waals surface area (Å²) >= 11 is 0. The van der Waals surface area contributed by atoms with Crippen molar-refractivity contribution in [1.29, 1.82) is 0 Å². The average Bonchev–Trinajstić information content (AvgIpc) is 2.42. The number of aliphatic hydroxyl groups excluding tert-OH is 2. The Morgan fingerprint density at radius 1 is 1.40 bits per heavy atom. The highest BCUT2D eigenvalue weighted by Gasteiger charge is 2.13. The number of carboxylic acids is 1. The van der Waals surface area contributed by atoms with E-state index in [-0.39, 0.29) is 31.2 Å². The van der Waals surface area contributed by atoms with Crippen LogP contribution in [0.2, 0.25) is 0 Å². The van der Waals surface area contributed by atoms with Crippen molar-refractivity contribution in [3.8, 4) is 0 Å². The molecule has 3 N–H and O–H groups in total. The molecule has 20 heavy (non-hydrogen) atoms. The van der Waals surface area contributed by atoms with Gasteiger partial charge in [0.2, 0.25) is 0 Å². The Labute approximate surface area is 117 Å². The first-order valence-corrected chi connectivity index (χ1v) is 6.71. The van der Waals surface area contributed by atoms with Crippen molar-refractivity contribution >= 4 is 5.97 Å². The molecule has 112 valence electrons. The molecule has 0 radical (unpaired) electrons. The van der Waals surface area contributed by atoms with Crippen LogP contribution in [0, 0.1) is 5.92 Å². The van der Waals surface area contributed by atoms with Crippen LogP contribution >= 0.6 is 0 Å². The fourth-order valence-electron chi connectivity index (χ4n) is 2.08.